The molecule has 1 fully saturated rings. The van der Waals surface area contributed by atoms with E-state index in [1.807, 2.05) is 30.3 Å². The molecule has 0 heterocycles. The van der Waals surface area contributed by atoms with Crippen LogP contribution in [0.15, 0.2) is 30.3 Å². The lowest BCUT2D eigenvalue weighted by Gasteiger charge is -2.28. The highest BCUT2D eigenvalue weighted by atomic mass is 16.4. The summed E-state index contributed by atoms with van der Waals surface area (Å²) in [5, 5.41) is 12.2. The van der Waals surface area contributed by atoms with Gasteiger partial charge in [-0.3, -0.25) is 9.59 Å². The summed E-state index contributed by atoms with van der Waals surface area (Å²) in [5.74, 6) is -1.62. The molecule has 1 aliphatic rings. The van der Waals surface area contributed by atoms with Gasteiger partial charge in [0.15, 0.2) is 0 Å². The number of nitrogens with one attached hydrogen (secondary N) is 1. The van der Waals surface area contributed by atoms with Gasteiger partial charge in [-0.25, -0.2) is 0 Å². The molecule has 0 unspecified atom stereocenters. The van der Waals surface area contributed by atoms with Gasteiger partial charge in [0.1, 0.15) is 0 Å². The van der Waals surface area contributed by atoms with Crippen molar-refractivity contribution in [1.29, 1.82) is 0 Å². The maximum atomic E-state index is 12.3. The Labute approximate surface area is 125 Å². The first-order chi connectivity index (χ1) is 10.1. The maximum Gasteiger partial charge on any atom is 0.307 e. The Bertz CT molecular complexity index is 486. The molecule has 0 saturated heterocycles. The van der Waals surface area contributed by atoms with Gasteiger partial charge < -0.3 is 10.4 Å². The van der Waals surface area contributed by atoms with E-state index in [1.54, 1.807) is 0 Å². The van der Waals surface area contributed by atoms with E-state index in [-0.39, 0.29) is 17.7 Å². The standard InChI is InChI=1S/C17H23NO3/c1-12(13-7-3-2-4-8-13)11-18-16(19)14-9-5-6-10-15(14)17(20)21/h2-4,7-8,12,14-15H,5-6,9-11H2,1H3,(H,18,19)(H,20,21)/t12-,14-,15+/m1/s1. The molecule has 0 radical (unpaired) electrons. The van der Waals surface area contributed by atoms with Gasteiger partial charge in [0.25, 0.3) is 0 Å². The van der Waals surface area contributed by atoms with Crippen LogP contribution >= 0.6 is 0 Å². The van der Waals surface area contributed by atoms with Gasteiger partial charge in [-0.1, -0.05) is 50.1 Å². The topological polar surface area (TPSA) is 66.4 Å². The second-order valence-corrected chi connectivity index (χ2v) is 5.89. The minimum absolute atomic E-state index is 0.107. The molecule has 0 spiro atoms. The molecule has 0 aliphatic heterocycles. The van der Waals surface area contributed by atoms with Gasteiger partial charge in [-0.05, 0) is 24.3 Å². The van der Waals surface area contributed by atoms with Gasteiger partial charge in [0, 0.05) is 6.54 Å². The highest BCUT2D eigenvalue weighted by molar-refractivity contribution is 5.84. The lowest BCUT2D eigenvalue weighted by Crippen LogP contribution is -2.40. The lowest BCUT2D eigenvalue weighted by atomic mass is 9.78. The summed E-state index contributed by atoms with van der Waals surface area (Å²) in [4.78, 5) is 23.5. The van der Waals surface area contributed by atoms with Crippen molar-refractivity contribution in [2.24, 2.45) is 11.8 Å². The Kier molecular flexibility index (Phi) is 5.37. The summed E-state index contributed by atoms with van der Waals surface area (Å²) in [5.41, 5.74) is 1.18. The van der Waals surface area contributed by atoms with Gasteiger partial charge in [0.05, 0.1) is 11.8 Å². The first kappa shape index (κ1) is 15.5. The average Bonchev–Trinajstić information content (AvgIpc) is 2.53. The Morgan fingerprint density at radius 2 is 1.81 bits per heavy atom. The number of hydrogen-bond donors (Lipinski definition) is 2. The zero-order chi connectivity index (χ0) is 15.2. The Morgan fingerprint density at radius 1 is 1.19 bits per heavy atom. The van der Waals surface area contributed by atoms with Crippen molar-refractivity contribution in [3.05, 3.63) is 35.9 Å². The van der Waals surface area contributed by atoms with Crippen LogP contribution < -0.4 is 5.32 Å². The molecule has 1 saturated carbocycles. The smallest absolute Gasteiger partial charge is 0.307 e. The number of carbonyl (C=O) groups excluding carboxylic acids is 1. The minimum atomic E-state index is -0.842. The molecule has 0 bridgehead atoms. The van der Waals surface area contributed by atoms with Crippen LogP contribution in [0.2, 0.25) is 0 Å². The first-order valence-electron chi connectivity index (χ1n) is 7.65. The summed E-state index contributed by atoms with van der Waals surface area (Å²) >= 11 is 0. The summed E-state index contributed by atoms with van der Waals surface area (Å²) in [6.45, 7) is 2.61. The van der Waals surface area contributed by atoms with E-state index in [4.69, 9.17) is 0 Å². The number of rotatable bonds is 5. The average molecular weight is 289 g/mol. The van der Waals surface area contributed by atoms with E-state index in [9.17, 15) is 14.7 Å². The third-order valence-electron chi connectivity index (χ3n) is 4.37. The van der Waals surface area contributed by atoms with Crippen LogP contribution in [-0.2, 0) is 9.59 Å². The zero-order valence-electron chi connectivity index (χ0n) is 12.4. The molecule has 1 aliphatic carbocycles. The molecule has 114 valence electrons. The molecule has 2 N–H and O–H groups in total. The van der Waals surface area contributed by atoms with Crippen LogP contribution in [0.3, 0.4) is 0 Å². The zero-order valence-corrected chi connectivity index (χ0v) is 12.4. The van der Waals surface area contributed by atoms with Gasteiger partial charge in [0.2, 0.25) is 5.91 Å². The normalized spacial score (nSPS) is 23.3. The summed E-state index contributed by atoms with van der Waals surface area (Å²) in [7, 11) is 0. The molecule has 0 aromatic heterocycles. The van der Waals surface area contributed by atoms with E-state index < -0.39 is 11.9 Å². The third-order valence-corrected chi connectivity index (χ3v) is 4.37. The van der Waals surface area contributed by atoms with E-state index >= 15 is 0 Å². The third kappa shape index (κ3) is 4.06. The van der Waals surface area contributed by atoms with Gasteiger partial charge in [-0.15, -0.1) is 0 Å². The Hall–Kier alpha value is -1.84. The van der Waals surface area contributed by atoms with E-state index in [0.717, 1.165) is 12.8 Å². The van der Waals surface area contributed by atoms with Gasteiger partial charge >= 0.3 is 5.97 Å². The lowest BCUT2D eigenvalue weighted by molar-refractivity contribution is -0.148. The number of carbonyl (C=O) groups is 2. The molecule has 21 heavy (non-hydrogen) atoms. The van der Waals surface area contributed by atoms with Crippen molar-refractivity contribution >= 4 is 11.9 Å². The minimum Gasteiger partial charge on any atom is -0.481 e. The molecule has 3 atom stereocenters. The van der Waals surface area contributed by atoms with E-state index in [0.29, 0.717) is 19.4 Å². The monoisotopic (exact) mass is 289 g/mol. The van der Waals surface area contributed by atoms with Crippen LogP contribution in [0, 0.1) is 11.8 Å². The number of amides is 1. The fourth-order valence-corrected chi connectivity index (χ4v) is 3.02. The van der Waals surface area contributed by atoms with Crippen molar-refractivity contribution < 1.29 is 14.7 Å². The highest BCUT2D eigenvalue weighted by Crippen LogP contribution is 2.30. The summed E-state index contributed by atoms with van der Waals surface area (Å²) in [6.07, 6.45) is 3.14. The number of benzene rings is 1. The van der Waals surface area contributed by atoms with Crippen molar-refractivity contribution in [2.45, 2.75) is 38.5 Å². The van der Waals surface area contributed by atoms with Gasteiger partial charge in [-0.2, -0.15) is 0 Å². The van der Waals surface area contributed by atoms with Crippen molar-refractivity contribution in [1.82, 2.24) is 5.32 Å². The molecule has 1 aromatic rings. The second-order valence-electron chi connectivity index (χ2n) is 5.89. The number of aliphatic carboxylic acids is 1. The maximum absolute atomic E-state index is 12.3. The number of carboxylic acid groups (broad SMARTS) is 1. The molecule has 1 aromatic carbocycles. The molecular formula is C17H23NO3. The van der Waals surface area contributed by atoms with Crippen molar-refractivity contribution in [3.63, 3.8) is 0 Å². The van der Waals surface area contributed by atoms with Crippen molar-refractivity contribution in [2.75, 3.05) is 6.54 Å². The van der Waals surface area contributed by atoms with E-state index in [2.05, 4.69) is 12.2 Å². The first-order valence-corrected chi connectivity index (χ1v) is 7.65. The predicted molar refractivity (Wildman–Crippen MR) is 81.0 cm³/mol. The predicted octanol–water partition coefficient (Wildman–Crippen LogP) is 2.80. The second kappa shape index (κ2) is 7.25. The quantitative estimate of drug-likeness (QED) is 0.876. The molecular weight excluding hydrogens is 266 g/mol. The SMILES string of the molecule is C[C@H](CNC(=O)[C@@H]1CCCC[C@@H]1C(=O)O)c1ccccc1. The molecule has 4 nitrogen and oxygen atoms in total. The van der Waals surface area contributed by atoms with Crippen LogP contribution in [-0.4, -0.2) is 23.5 Å². The number of carboxylic acids is 1. The summed E-state index contributed by atoms with van der Waals surface area (Å²) < 4.78 is 0. The molecule has 2 rings (SSSR count). The molecule has 4 heteroatoms. The van der Waals surface area contributed by atoms with Crippen molar-refractivity contribution in [3.8, 4) is 0 Å². The van der Waals surface area contributed by atoms with E-state index in [1.165, 1.54) is 5.56 Å². The summed E-state index contributed by atoms with van der Waals surface area (Å²) in [6, 6.07) is 10.0. The van der Waals surface area contributed by atoms with Crippen LogP contribution in [0.1, 0.15) is 44.1 Å². The highest BCUT2D eigenvalue weighted by Gasteiger charge is 2.35. The van der Waals surface area contributed by atoms with Crippen LogP contribution in [0.25, 0.3) is 0 Å². The van der Waals surface area contributed by atoms with Crippen LogP contribution in [0.5, 0.6) is 0 Å². The number of hydrogen-bond acceptors (Lipinski definition) is 2. The fourth-order valence-electron chi connectivity index (χ4n) is 3.02. The van der Waals surface area contributed by atoms with Crippen LogP contribution in [0.4, 0.5) is 0 Å². The fraction of sp³-hybridized carbons (Fsp3) is 0.529. The Morgan fingerprint density at radius 3 is 2.43 bits per heavy atom. The Balaban J connectivity index is 1.90. The molecule has 1 amide bonds. The largest absolute Gasteiger partial charge is 0.481 e.